The van der Waals surface area contributed by atoms with E-state index in [0.29, 0.717) is 0 Å². The van der Waals surface area contributed by atoms with Crippen molar-refractivity contribution < 1.29 is 88.1 Å². The number of ether oxygens (including phenoxy) is 5. The molecule has 0 aromatic carbocycles. The van der Waals surface area contributed by atoms with Crippen LogP contribution in [0.15, 0.2) is 0 Å². The van der Waals surface area contributed by atoms with Crippen LogP contribution in [0.5, 0.6) is 0 Å². The van der Waals surface area contributed by atoms with Crippen LogP contribution >= 0.6 is 0 Å². The van der Waals surface area contributed by atoms with Gasteiger partial charge < -0.3 is 79.9 Å². The summed E-state index contributed by atoms with van der Waals surface area (Å²) in [6.45, 7) is -11.4. The molecular weight excluding hydrogens is 472 g/mol. The normalized spacial score (nSPS) is 56.0. The molecule has 11 N–H and O–H groups in total. The number of hydrogen-bond donors (Lipinski definition) is 11. The smallest absolute Gasteiger partial charge is 0.224 e. The minimum atomic E-state index is -3.81. The second-order valence-corrected chi connectivity index (χ2v) is 7.87. The maximum Gasteiger partial charge on any atom is 0.224 e. The highest BCUT2D eigenvalue weighted by atomic mass is 16.8. The van der Waals surface area contributed by atoms with Crippen LogP contribution in [0, 0.1) is 0 Å². The highest BCUT2D eigenvalue weighted by molar-refractivity contribution is 4.98. The van der Waals surface area contributed by atoms with Gasteiger partial charge in [-0.25, -0.2) is 0 Å². The third-order valence-electron chi connectivity index (χ3n) is 5.69. The van der Waals surface area contributed by atoms with Gasteiger partial charge in [0.25, 0.3) is 0 Å². The lowest BCUT2D eigenvalue weighted by Crippen LogP contribution is -2.63. The fourth-order valence-electron chi connectivity index (χ4n) is 3.64. The van der Waals surface area contributed by atoms with Crippen LogP contribution < -0.4 is 0 Å². The van der Waals surface area contributed by atoms with Gasteiger partial charge in [0.05, 0.1) is 27.9 Å². The summed E-state index contributed by atoms with van der Waals surface area (Å²) in [5.41, 5.74) is 0. The van der Waals surface area contributed by atoms with Crippen LogP contribution in [0.2, 0.25) is 0 Å². The topological polar surface area (TPSA) is 269 Å². The van der Waals surface area contributed by atoms with E-state index in [1.807, 2.05) is 0 Å². The van der Waals surface area contributed by atoms with E-state index in [1.54, 1.807) is 0 Å². The summed E-state index contributed by atoms with van der Waals surface area (Å²) in [7, 11) is 0. The van der Waals surface area contributed by atoms with E-state index in [2.05, 4.69) is 0 Å². The maximum absolute atomic E-state index is 10.4. The zero-order valence-electron chi connectivity index (χ0n) is 23.2. The van der Waals surface area contributed by atoms with Crippen LogP contribution in [0.4, 0.5) is 0 Å². The molecule has 3 rings (SSSR count). The van der Waals surface area contributed by atoms with Crippen molar-refractivity contribution >= 4 is 0 Å². The molecule has 34 heavy (non-hydrogen) atoms. The lowest BCUT2D eigenvalue weighted by molar-refractivity contribution is -0.388. The molecule has 0 aliphatic carbocycles. The Balaban J connectivity index is 1.81. The Morgan fingerprint density at radius 1 is 0.647 bits per heavy atom. The molecule has 0 amide bonds. The minimum absolute atomic E-state index is 0.941. The summed E-state index contributed by atoms with van der Waals surface area (Å²) in [5.74, 6) is -3.46. The van der Waals surface area contributed by atoms with Gasteiger partial charge in [0.1, 0.15) is 73.7 Å². The van der Waals surface area contributed by atoms with Gasteiger partial charge in [-0.15, -0.1) is 0 Å². The van der Waals surface area contributed by atoms with E-state index in [4.69, 9.17) is 31.9 Å². The molecule has 0 bridgehead atoms. The molecule has 0 aromatic heterocycles. The Kier molecular flexibility index (Phi) is 6.71. The predicted molar refractivity (Wildman–Crippen MR) is 101 cm³/mol. The van der Waals surface area contributed by atoms with Gasteiger partial charge in [-0.1, -0.05) is 0 Å². The second kappa shape index (κ2) is 11.2. The van der Waals surface area contributed by atoms with Gasteiger partial charge >= 0.3 is 0 Å². The summed E-state index contributed by atoms with van der Waals surface area (Å²) >= 11 is 0. The van der Waals surface area contributed by atoms with Gasteiger partial charge in [-0.3, -0.25) is 0 Å². The van der Waals surface area contributed by atoms with E-state index in [1.165, 1.54) is 0 Å². The molecule has 16 heteroatoms. The summed E-state index contributed by atoms with van der Waals surface area (Å²) in [5, 5.41) is 111. The Morgan fingerprint density at radius 3 is 1.71 bits per heavy atom. The molecular formula is C18H32O16. The van der Waals surface area contributed by atoms with Crippen LogP contribution in [0.1, 0.15) is 8.22 Å². The van der Waals surface area contributed by atoms with E-state index in [9.17, 15) is 56.2 Å². The van der Waals surface area contributed by atoms with Crippen molar-refractivity contribution in [1.29, 1.82) is 0 Å². The third kappa shape index (κ3) is 5.09. The quantitative estimate of drug-likeness (QED) is 0.145. The first-order valence-corrected chi connectivity index (χ1v) is 9.94. The Morgan fingerprint density at radius 2 is 1.18 bits per heavy atom. The monoisotopic (exact) mass is 510 g/mol. The highest BCUT2D eigenvalue weighted by Crippen LogP contribution is 2.36. The van der Waals surface area contributed by atoms with Crippen LogP contribution in [-0.4, -0.2) is 168 Å². The molecule has 3 aliphatic rings. The van der Waals surface area contributed by atoms with Crippen molar-refractivity contribution in [2.75, 3.05) is 26.3 Å². The molecule has 14 atom stereocenters. The number of hydrogen-bond acceptors (Lipinski definition) is 16. The van der Waals surface area contributed by atoms with E-state index < -0.39 is 112 Å². The number of aliphatic hydroxyl groups excluding tert-OH is 8. The fraction of sp³-hybridized carbons (Fsp3) is 1.00. The predicted octanol–water partition coefficient (Wildman–Crippen LogP) is -7.57. The highest BCUT2D eigenvalue weighted by Gasteiger charge is 2.58. The van der Waals surface area contributed by atoms with Crippen molar-refractivity contribution in [3.05, 3.63) is 0 Å². The second-order valence-electron chi connectivity index (χ2n) is 7.87. The molecule has 3 aliphatic heterocycles. The summed E-state index contributed by atoms with van der Waals surface area (Å²) in [6.07, 6.45) is -28.5. The van der Waals surface area contributed by atoms with Gasteiger partial charge in [-0.05, 0) is 0 Å². The molecule has 3 fully saturated rings. The molecule has 0 aromatic rings. The SMILES string of the molecule is [2H]C([2H])(O)[C@H]1O[C@H](OC[C@H]2O[C@H](O[C@]3(C([2H])([2H])O)O[C@H](C([2H])([2H])O)[C@@H](O)[C@@H]3O)[C@H](O)[C@@H](O)[C@@H]2O)[C@H](O)[C@@H](O)[C@H]1O. The lowest BCUT2D eigenvalue weighted by atomic mass is 9.98. The molecule has 0 radical (unpaired) electrons. The molecule has 0 saturated carbocycles. The van der Waals surface area contributed by atoms with Crippen molar-refractivity contribution in [2.24, 2.45) is 0 Å². The van der Waals surface area contributed by atoms with E-state index in [-0.39, 0.29) is 0 Å². The van der Waals surface area contributed by atoms with E-state index in [0.717, 1.165) is 0 Å². The third-order valence-corrected chi connectivity index (χ3v) is 5.69. The fourth-order valence-corrected chi connectivity index (χ4v) is 3.64. The molecule has 3 heterocycles. The molecule has 16 nitrogen and oxygen atoms in total. The minimum Gasteiger partial charge on any atom is -0.394 e. The standard InChI is InChI=1S/C18H32O16/c19-1-5-8(22)11(25)13(27)16(31-5)30-3-7-9(23)12(26)14(28)17(32-7)34-18(4-21)15(29)10(24)6(2-20)33-18/h5-17,19-29H,1-4H2/t5-,6-,7-,8+,9-,10-,11+,12+,13-,14-,15+,16+,17-,18+/m1/s1/i1D2,2D2,4D2. The molecule has 3 saturated heterocycles. The van der Waals surface area contributed by atoms with Gasteiger partial charge in [0, 0.05) is 0 Å². The lowest BCUT2D eigenvalue weighted by Gasteiger charge is -2.44. The number of rotatable bonds is 8. The molecule has 200 valence electrons. The van der Waals surface area contributed by atoms with Gasteiger partial charge in [-0.2, -0.15) is 0 Å². The van der Waals surface area contributed by atoms with Crippen molar-refractivity contribution in [2.45, 2.75) is 85.5 Å². The Hall–Kier alpha value is -0.640. The van der Waals surface area contributed by atoms with Gasteiger partial charge in [0.15, 0.2) is 12.6 Å². The molecule has 0 unspecified atom stereocenters. The number of aliphatic hydroxyl groups is 11. The average Bonchev–Trinajstić information content (AvgIpc) is 3.08. The largest absolute Gasteiger partial charge is 0.394 e. The average molecular weight is 510 g/mol. The van der Waals surface area contributed by atoms with Gasteiger partial charge in [0.2, 0.25) is 5.79 Å². The van der Waals surface area contributed by atoms with Crippen LogP contribution in [0.25, 0.3) is 0 Å². The van der Waals surface area contributed by atoms with Crippen LogP contribution in [-0.2, 0) is 23.7 Å². The Labute approximate surface area is 201 Å². The molecule has 0 spiro atoms. The first kappa shape index (κ1) is 20.4. The summed E-state index contributed by atoms with van der Waals surface area (Å²) in [6, 6.07) is 0. The Bertz CT molecular complexity index is 873. The summed E-state index contributed by atoms with van der Waals surface area (Å²) in [4.78, 5) is 0. The van der Waals surface area contributed by atoms with Crippen LogP contribution in [0.3, 0.4) is 0 Å². The maximum atomic E-state index is 10.4. The first-order valence-electron chi connectivity index (χ1n) is 12.9. The summed E-state index contributed by atoms with van der Waals surface area (Å²) < 4.78 is 69.9. The van der Waals surface area contributed by atoms with E-state index >= 15 is 0 Å². The zero-order chi connectivity index (χ0) is 30.7. The van der Waals surface area contributed by atoms with Crippen molar-refractivity contribution in [1.82, 2.24) is 0 Å². The van der Waals surface area contributed by atoms with Crippen molar-refractivity contribution in [3.8, 4) is 0 Å². The van der Waals surface area contributed by atoms with Crippen molar-refractivity contribution in [3.63, 3.8) is 0 Å². The first-order chi connectivity index (χ1) is 18.0. The zero-order valence-corrected chi connectivity index (χ0v) is 17.2.